The van der Waals surface area contributed by atoms with Crippen LogP contribution in [0.2, 0.25) is 0 Å². The van der Waals surface area contributed by atoms with Crippen molar-refractivity contribution in [3.63, 3.8) is 0 Å². The van der Waals surface area contributed by atoms with Crippen LogP contribution in [0.25, 0.3) is 0 Å². The predicted octanol–water partition coefficient (Wildman–Crippen LogP) is -2.26. The van der Waals surface area contributed by atoms with E-state index in [0.29, 0.717) is 0 Å². The van der Waals surface area contributed by atoms with Gasteiger partial charge >= 0.3 is 35.5 Å². The second-order valence-corrected chi connectivity index (χ2v) is 4.18. The van der Waals surface area contributed by atoms with E-state index < -0.39 is 16.1 Å². The van der Waals surface area contributed by atoms with E-state index in [2.05, 4.69) is 4.74 Å². The van der Waals surface area contributed by atoms with E-state index in [1.54, 1.807) is 0 Å². The molecule has 0 unspecified atom stereocenters. The van der Waals surface area contributed by atoms with E-state index in [0.717, 1.165) is 12.1 Å². The van der Waals surface area contributed by atoms with Gasteiger partial charge in [0.05, 0.1) is 4.90 Å². The van der Waals surface area contributed by atoms with Gasteiger partial charge in [0.2, 0.25) is 0 Å². The molecule has 1 aromatic rings. The second kappa shape index (κ2) is 6.58. The number of benzene rings is 1. The van der Waals surface area contributed by atoms with Crippen LogP contribution in [0.5, 0.6) is 5.75 Å². The quantitative estimate of drug-likeness (QED) is 0.204. The van der Waals surface area contributed by atoms with Crippen LogP contribution in [0.1, 0.15) is 0 Å². The minimum atomic E-state index is -4.47. The Kier molecular flexibility index (Phi) is 6.54. The maximum atomic E-state index is 10.7. The van der Waals surface area contributed by atoms with Gasteiger partial charge in [-0.15, -0.1) is 11.6 Å². The molecule has 5 nitrogen and oxygen atoms in total. The fraction of sp³-hybridized carbons (Fsp3) is 0.125. The molecule has 0 spiro atoms. The predicted molar refractivity (Wildman–Crippen MR) is 50.8 cm³/mol. The largest absolute Gasteiger partial charge is 1.00 e. The van der Waals surface area contributed by atoms with Crippen LogP contribution in [0, 0.1) is 0 Å². The zero-order valence-corrected chi connectivity index (χ0v) is 11.9. The van der Waals surface area contributed by atoms with Gasteiger partial charge in [0, 0.05) is 0 Å². The average molecular weight is 273 g/mol. The summed E-state index contributed by atoms with van der Waals surface area (Å²) in [5.41, 5.74) is 0. The molecule has 0 N–H and O–H groups in total. The van der Waals surface area contributed by atoms with Crippen molar-refractivity contribution in [1.82, 2.24) is 0 Å². The summed E-state index contributed by atoms with van der Waals surface area (Å²) in [4.78, 5) is 10.3. The first-order chi connectivity index (χ1) is 6.93. The zero-order valence-electron chi connectivity index (χ0n) is 8.34. The summed E-state index contributed by atoms with van der Waals surface area (Å²) in [7, 11) is -4.47. The summed E-state index contributed by atoms with van der Waals surface area (Å²) >= 11 is 5.19. The summed E-state index contributed by atoms with van der Waals surface area (Å²) in [5.74, 6) is -0.829. The normalized spacial score (nSPS) is 10.4. The molecule has 0 heterocycles. The topological polar surface area (TPSA) is 83.5 Å². The van der Waals surface area contributed by atoms with Crippen LogP contribution in [-0.2, 0) is 14.9 Å². The molecular weight excluding hydrogens is 267 g/mol. The Morgan fingerprint density at radius 1 is 1.31 bits per heavy atom. The van der Waals surface area contributed by atoms with Crippen LogP contribution in [0.4, 0.5) is 0 Å². The molecule has 0 atom stereocenters. The molecule has 0 saturated carbocycles. The first-order valence-corrected chi connectivity index (χ1v) is 5.70. The van der Waals surface area contributed by atoms with Crippen molar-refractivity contribution < 1.29 is 52.1 Å². The molecule has 0 aromatic heterocycles. The third kappa shape index (κ3) is 4.82. The van der Waals surface area contributed by atoms with Crippen molar-refractivity contribution in [2.24, 2.45) is 0 Å². The van der Waals surface area contributed by atoms with Crippen LogP contribution < -0.4 is 34.3 Å². The zero-order chi connectivity index (χ0) is 11.5. The Labute approximate surface area is 120 Å². The Morgan fingerprint density at radius 3 is 2.19 bits per heavy atom. The minimum Gasteiger partial charge on any atom is -0.744 e. The standard InChI is InChI=1S/C8H7ClO5S.Na/c9-5-8(10)14-6-1-3-7(4-2-6)15(11,12)13;/h1-4H,5H2,(H,11,12,13);/q;+1/p-1. The van der Waals surface area contributed by atoms with E-state index in [4.69, 9.17) is 11.6 Å². The van der Waals surface area contributed by atoms with Gasteiger partial charge in [-0.1, -0.05) is 0 Å². The van der Waals surface area contributed by atoms with Gasteiger partial charge < -0.3 is 9.29 Å². The van der Waals surface area contributed by atoms with Crippen molar-refractivity contribution in [3.8, 4) is 5.75 Å². The summed E-state index contributed by atoms with van der Waals surface area (Å²) < 4.78 is 36.3. The monoisotopic (exact) mass is 272 g/mol. The van der Waals surface area contributed by atoms with Gasteiger partial charge in [0.25, 0.3) is 0 Å². The number of carbonyl (C=O) groups is 1. The van der Waals surface area contributed by atoms with Crippen LogP contribution >= 0.6 is 11.6 Å². The Balaban J connectivity index is 0.00000225. The molecule has 0 aliphatic carbocycles. The van der Waals surface area contributed by atoms with Gasteiger partial charge in [0.1, 0.15) is 21.7 Å². The van der Waals surface area contributed by atoms with Gasteiger partial charge in [-0.25, -0.2) is 8.42 Å². The van der Waals surface area contributed by atoms with Crippen molar-refractivity contribution in [1.29, 1.82) is 0 Å². The van der Waals surface area contributed by atoms with Gasteiger partial charge in [-0.2, -0.15) is 0 Å². The molecule has 0 saturated heterocycles. The fourth-order valence-corrected chi connectivity index (χ4v) is 1.36. The van der Waals surface area contributed by atoms with E-state index >= 15 is 0 Å². The Morgan fingerprint density at radius 2 is 1.81 bits per heavy atom. The van der Waals surface area contributed by atoms with Crippen LogP contribution in [0.15, 0.2) is 29.2 Å². The van der Waals surface area contributed by atoms with E-state index in [1.165, 1.54) is 12.1 Å². The van der Waals surface area contributed by atoms with Gasteiger partial charge in [-0.3, -0.25) is 4.79 Å². The van der Waals surface area contributed by atoms with Crippen molar-refractivity contribution in [3.05, 3.63) is 24.3 Å². The van der Waals surface area contributed by atoms with Crippen molar-refractivity contribution >= 4 is 27.7 Å². The number of esters is 1. The molecule has 0 radical (unpaired) electrons. The molecule has 0 amide bonds. The molecule has 16 heavy (non-hydrogen) atoms. The molecule has 82 valence electrons. The molecule has 0 aliphatic heterocycles. The average Bonchev–Trinajstić information content (AvgIpc) is 2.17. The molecule has 1 aromatic carbocycles. The van der Waals surface area contributed by atoms with Gasteiger partial charge in [0.15, 0.2) is 0 Å². The Bertz CT molecular complexity index is 456. The molecule has 0 fully saturated rings. The number of alkyl halides is 1. The van der Waals surface area contributed by atoms with Crippen molar-refractivity contribution in [2.45, 2.75) is 4.90 Å². The van der Waals surface area contributed by atoms with Crippen LogP contribution in [-0.4, -0.2) is 24.8 Å². The summed E-state index contributed by atoms with van der Waals surface area (Å²) in [6.07, 6.45) is 0. The number of rotatable bonds is 3. The van der Waals surface area contributed by atoms with E-state index in [1.807, 2.05) is 0 Å². The second-order valence-electron chi connectivity index (χ2n) is 2.53. The number of carbonyl (C=O) groups excluding carboxylic acids is 1. The fourth-order valence-electron chi connectivity index (χ4n) is 0.833. The van der Waals surface area contributed by atoms with E-state index in [9.17, 15) is 17.8 Å². The van der Waals surface area contributed by atoms with Crippen molar-refractivity contribution in [2.75, 3.05) is 5.88 Å². The SMILES string of the molecule is O=C(CCl)Oc1ccc(S(=O)(=O)[O-])cc1.[Na+]. The first-order valence-electron chi connectivity index (χ1n) is 3.76. The Hall–Kier alpha value is -0.110. The number of ether oxygens (including phenoxy) is 1. The number of halogens is 1. The molecule has 8 heteroatoms. The van der Waals surface area contributed by atoms with Crippen LogP contribution in [0.3, 0.4) is 0 Å². The number of hydrogen-bond acceptors (Lipinski definition) is 5. The third-order valence-corrected chi connectivity index (χ3v) is 2.52. The molecular formula is C8H6ClNaO5S. The number of hydrogen-bond donors (Lipinski definition) is 0. The van der Waals surface area contributed by atoms with Gasteiger partial charge in [-0.05, 0) is 24.3 Å². The van der Waals surface area contributed by atoms with E-state index in [-0.39, 0.29) is 46.1 Å². The maximum absolute atomic E-state index is 10.7. The summed E-state index contributed by atoms with van der Waals surface area (Å²) in [5, 5.41) is 0. The third-order valence-electron chi connectivity index (χ3n) is 1.45. The smallest absolute Gasteiger partial charge is 0.744 e. The summed E-state index contributed by atoms with van der Waals surface area (Å²) in [6.45, 7) is 0. The molecule has 1 rings (SSSR count). The molecule has 0 bridgehead atoms. The minimum absolute atomic E-state index is 0. The molecule has 0 aliphatic rings. The maximum Gasteiger partial charge on any atom is 1.00 e. The first kappa shape index (κ1) is 15.9. The summed E-state index contributed by atoms with van der Waals surface area (Å²) in [6, 6.07) is 4.52.